The molecule has 1 N–H and O–H groups in total. The van der Waals surface area contributed by atoms with E-state index in [1.165, 1.54) is 0 Å². The first-order valence-corrected chi connectivity index (χ1v) is 9.81. The molecular weight excluding hydrogens is 354 g/mol. The van der Waals surface area contributed by atoms with Gasteiger partial charge in [-0.1, -0.05) is 18.2 Å². The van der Waals surface area contributed by atoms with Crippen LogP contribution in [0, 0.1) is 0 Å². The second-order valence-electron chi connectivity index (χ2n) is 7.56. The predicted molar refractivity (Wildman–Crippen MR) is 112 cm³/mol. The topological polar surface area (TPSA) is 54.0 Å². The first kappa shape index (κ1) is 20.3. The van der Waals surface area contributed by atoms with Crippen molar-refractivity contribution >= 4 is 16.8 Å². The second-order valence-corrected chi connectivity index (χ2v) is 7.56. The zero-order chi connectivity index (χ0) is 20.3. The minimum Gasteiger partial charge on any atom is -0.496 e. The Hall–Kier alpha value is -2.47. The summed E-state index contributed by atoms with van der Waals surface area (Å²) in [5.74, 6) is 1.57. The Labute approximate surface area is 167 Å². The molecule has 1 aliphatic heterocycles. The molecule has 0 spiro atoms. The van der Waals surface area contributed by atoms with Crippen LogP contribution in [-0.4, -0.2) is 63.3 Å². The number of hydrogen-bond acceptors (Lipinski definition) is 4. The molecule has 3 rings (SSSR count). The van der Waals surface area contributed by atoms with Crippen molar-refractivity contribution in [3.8, 4) is 11.5 Å². The third kappa shape index (κ3) is 4.02. The van der Waals surface area contributed by atoms with E-state index in [1.807, 2.05) is 49.2 Å². The van der Waals surface area contributed by atoms with Crippen LogP contribution in [0.15, 0.2) is 30.3 Å². The number of hydrogen-bond donors (Lipinski definition) is 1. The van der Waals surface area contributed by atoms with Crippen molar-refractivity contribution in [2.75, 3.05) is 41.4 Å². The van der Waals surface area contributed by atoms with Gasteiger partial charge < -0.3 is 24.6 Å². The summed E-state index contributed by atoms with van der Waals surface area (Å²) in [4.78, 5) is 17.0. The molecule has 2 amide bonds. The summed E-state index contributed by atoms with van der Waals surface area (Å²) in [6.45, 7) is 4.06. The Morgan fingerprint density at radius 2 is 1.82 bits per heavy atom. The highest BCUT2D eigenvalue weighted by Crippen LogP contribution is 2.37. The molecule has 1 atom stereocenters. The van der Waals surface area contributed by atoms with Gasteiger partial charge in [0, 0.05) is 23.9 Å². The molecule has 0 aliphatic carbocycles. The lowest BCUT2D eigenvalue weighted by molar-refractivity contribution is 0.146. The number of nitrogens with zero attached hydrogens (tertiary/aromatic N) is 2. The highest BCUT2D eigenvalue weighted by atomic mass is 16.5. The van der Waals surface area contributed by atoms with E-state index in [4.69, 9.17) is 9.47 Å². The van der Waals surface area contributed by atoms with Crippen LogP contribution in [-0.2, 0) is 0 Å². The van der Waals surface area contributed by atoms with Gasteiger partial charge in [0.25, 0.3) is 0 Å². The molecule has 1 heterocycles. The number of fused-ring (bicyclic) bond motifs is 1. The molecule has 6 heteroatoms. The first-order valence-electron chi connectivity index (χ1n) is 9.81. The molecule has 1 aliphatic rings. The van der Waals surface area contributed by atoms with Crippen molar-refractivity contribution in [3.05, 3.63) is 35.9 Å². The van der Waals surface area contributed by atoms with Gasteiger partial charge in [-0.2, -0.15) is 0 Å². The van der Waals surface area contributed by atoms with Crippen LogP contribution in [0.2, 0.25) is 0 Å². The number of piperidine rings is 1. The number of ether oxygens (including phenoxy) is 2. The lowest BCUT2D eigenvalue weighted by Gasteiger charge is -2.35. The number of benzene rings is 2. The number of amides is 2. The van der Waals surface area contributed by atoms with E-state index in [0.717, 1.165) is 53.8 Å². The minimum absolute atomic E-state index is 0.0408. The molecular formula is C22H31N3O3. The van der Waals surface area contributed by atoms with E-state index in [-0.39, 0.29) is 18.1 Å². The Morgan fingerprint density at radius 3 is 2.46 bits per heavy atom. The molecule has 1 fully saturated rings. The lowest BCUT2D eigenvalue weighted by Crippen LogP contribution is -2.48. The Kier molecular flexibility index (Phi) is 6.29. The predicted octanol–water partition coefficient (Wildman–Crippen LogP) is 3.65. The molecule has 0 aromatic heterocycles. The Balaban J connectivity index is 1.83. The molecule has 28 heavy (non-hydrogen) atoms. The normalized spacial score (nSPS) is 16.6. The number of likely N-dealkylation sites (tertiary alicyclic amines) is 1. The average molecular weight is 386 g/mol. The molecule has 2 aromatic rings. The third-order valence-corrected chi connectivity index (χ3v) is 5.80. The van der Waals surface area contributed by atoms with Crippen LogP contribution in [0.25, 0.3) is 10.8 Å². The lowest BCUT2D eigenvalue weighted by atomic mass is 9.98. The van der Waals surface area contributed by atoms with E-state index in [0.29, 0.717) is 0 Å². The zero-order valence-corrected chi connectivity index (χ0v) is 17.5. The number of urea groups is 1. The summed E-state index contributed by atoms with van der Waals surface area (Å²) in [6.07, 6.45) is 2.02. The van der Waals surface area contributed by atoms with E-state index < -0.39 is 0 Å². The summed E-state index contributed by atoms with van der Waals surface area (Å²) in [6, 6.07) is 9.93. The van der Waals surface area contributed by atoms with Gasteiger partial charge in [-0.05, 0) is 57.6 Å². The molecule has 2 aromatic carbocycles. The fraction of sp³-hybridized carbons (Fsp3) is 0.500. The maximum atomic E-state index is 12.9. The van der Waals surface area contributed by atoms with Gasteiger partial charge in [0.1, 0.15) is 11.5 Å². The SMILES string of the molecule is COc1ccc(C(C)NC(=O)N(C)C2CCN(C)CC2)c2c(OC)cccc12. The minimum atomic E-state index is -0.161. The maximum Gasteiger partial charge on any atom is 0.317 e. The van der Waals surface area contributed by atoms with Crippen molar-refractivity contribution in [1.29, 1.82) is 0 Å². The van der Waals surface area contributed by atoms with Gasteiger partial charge in [0.05, 0.1) is 20.3 Å². The smallest absolute Gasteiger partial charge is 0.317 e. The number of carbonyl (C=O) groups is 1. The highest BCUT2D eigenvalue weighted by molar-refractivity contribution is 5.96. The highest BCUT2D eigenvalue weighted by Gasteiger charge is 2.25. The molecule has 0 radical (unpaired) electrons. The van der Waals surface area contributed by atoms with E-state index in [2.05, 4.69) is 17.3 Å². The molecule has 1 saturated heterocycles. The number of methoxy groups -OCH3 is 2. The summed E-state index contributed by atoms with van der Waals surface area (Å²) in [5, 5.41) is 5.11. The Morgan fingerprint density at radius 1 is 1.14 bits per heavy atom. The van der Waals surface area contributed by atoms with Crippen molar-refractivity contribution in [2.45, 2.75) is 31.8 Å². The quantitative estimate of drug-likeness (QED) is 0.854. The molecule has 152 valence electrons. The first-order chi connectivity index (χ1) is 13.5. The van der Waals surface area contributed by atoms with Gasteiger partial charge in [-0.3, -0.25) is 0 Å². The molecule has 0 bridgehead atoms. The summed E-state index contributed by atoms with van der Waals surface area (Å²) >= 11 is 0. The van der Waals surface area contributed by atoms with Crippen LogP contribution in [0.3, 0.4) is 0 Å². The van der Waals surface area contributed by atoms with E-state index in [9.17, 15) is 4.79 Å². The monoisotopic (exact) mass is 385 g/mol. The largest absolute Gasteiger partial charge is 0.496 e. The van der Waals surface area contributed by atoms with Crippen LogP contribution >= 0.6 is 0 Å². The number of rotatable bonds is 5. The van der Waals surface area contributed by atoms with Crippen molar-refractivity contribution in [1.82, 2.24) is 15.1 Å². The summed E-state index contributed by atoms with van der Waals surface area (Å²) in [7, 11) is 7.34. The fourth-order valence-corrected chi connectivity index (χ4v) is 3.99. The van der Waals surface area contributed by atoms with Gasteiger partial charge >= 0.3 is 6.03 Å². The molecule has 1 unspecified atom stereocenters. The van der Waals surface area contributed by atoms with Crippen LogP contribution in [0.5, 0.6) is 11.5 Å². The van der Waals surface area contributed by atoms with Crippen molar-refractivity contribution in [3.63, 3.8) is 0 Å². The van der Waals surface area contributed by atoms with Crippen molar-refractivity contribution in [2.24, 2.45) is 0 Å². The van der Waals surface area contributed by atoms with Gasteiger partial charge in [-0.25, -0.2) is 4.79 Å². The van der Waals surface area contributed by atoms with Crippen LogP contribution in [0.1, 0.15) is 31.4 Å². The van der Waals surface area contributed by atoms with Crippen molar-refractivity contribution < 1.29 is 14.3 Å². The summed E-state index contributed by atoms with van der Waals surface area (Å²) in [5.41, 5.74) is 1.01. The molecule has 0 saturated carbocycles. The Bertz CT molecular complexity index is 831. The van der Waals surface area contributed by atoms with E-state index in [1.54, 1.807) is 14.2 Å². The fourth-order valence-electron chi connectivity index (χ4n) is 3.99. The standard InChI is InChI=1S/C22H31N3O3/c1-15(23-22(26)25(3)16-11-13-24(2)14-12-16)17-9-10-19(27-4)18-7-6-8-20(28-5)21(17)18/h6-10,15-16H,11-14H2,1-5H3,(H,23,26). The second kappa shape index (κ2) is 8.69. The summed E-state index contributed by atoms with van der Waals surface area (Å²) < 4.78 is 11.1. The number of carbonyl (C=O) groups excluding carboxylic acids is 1. The zero-order valence-electron chi connectivity index (χ0n) is 17.5. The van der Waals surface area contributed by atoms with Gasteiger partial charge in [0.15, 0.2) is 0 Å². The van der Waals surface area contributed by atoms with E-state index >= 15 is 0 Å². The maximum absolute atomic E-state index is 12.9. The average Bonchev–Trinajstić information content (AvgIpc) is 2.72. The van der Waals surface area contributed by atoms with Gasteiger partial charge in [-0.15, -0.1) is 0 Å². The van der Waals surface area contributed by atoms with Gasteiger partial charge in [0.2, 0.25) is 0 Å². The molecule has 6 nitrogen and oxygen atoms in total. The number of nitrogens with one attached hydrogen (secondary N) is 1. The van der Waals surface area contributed by atoms with Crippen LogP contribution < -0.4 is 14.8 Å². The third-order valence-electron chi connectivity index (χ3n) is 5.80. The van der Waals surface area contributed by atoms with Crippen LogP contribution in [0.4, 0.5) is 4.79 Å².